The molecule has 1 fully saturated rings. The zero-order valence-corrected chi connectivity index (χ0v) is 22.6. The van der Waals surface area contributed by atoms with Crippen LogP contribution in [0.25, 0.3) is 6.08 Å². The van der Waals surface area contributed by atoms with Gasteiger partial charge in [0.2, 0.25) is 0 Å². The molecule has 1 aliphatic rings. The van der Waals surface area contributed by atoms with E-state index < -0.39 is 5.97 Å². The number of hydrogen-bond donors (Lipinski definition) is 0. The standard InChI is InChI=1S/C28H24Cl2N2O4S/c1-3-32-26(33)25(37-28(32)31-22-10-7-9-18(15-22)27(34)35-4-2)16-20-14-21(29)12-13-24(20)36-17-19-8-5-6-11-23(19)30/h5-16H,3-4,17H2,1-2H3. The predicted octanol–water partition coefficient (Wildman–Crippen LogP) is 7.37. The zero-order chi connectivity index (χ0) is 26.4. The number of esters is 1. The van der Waals surface area contributed by atoms with Gasteiger partial charge in [-0.2, -0.15) is 0 Å². The summed E-state index contributed by atoms with van der Waals surface area (Å²) in [5, 5.41) is 1.65. The van der Waals surface area contributed by atoms with Crippen LogP contribution < -0.4 is 4.74 Å². The Morgan fingerprint density at radius 1 is 1.05 bits per heavy atom. The van der Waals surface area contributed by atoms with Gasteiger partial charge in [-0.15, -0.1) is 0 Å². The van der Waals surface area contributed by atoms with Gasteiger partial charge in [0.25, 0.3) is 5.91 Å². The number of benzene rings is 3. The Balaban J connectivity index is 1.61. The minimum Gasteiger partial charge on any atom is -0.488 e. The monoisotopic (exact) mass is 554 g/mol. The number of rotatable bonds is 8. The molecule has 0 atom stereocenters. The molecule has 190 valence electrons. The first-order valence-electron chi connectivity index (χ1n) is 11.6. The number of likely N-dealkylation sites (N-methyl/N-ethyl adjacent to an activating group) is 1. The molecule has 0 spiro atoms. The minimum atomic E-state index is -0.419. The molecule has 0 unspecified atom stereocenters. The van der Waals surface area contributed by atoms with Crippen LogP contribution in [0.4, 0.5) is 5.69 Å². The van der Waals surface area contributed by atoms with Crippen LogP contribution in [-0.4, -0.2) is 35.1 Å². The van der Waals surface area contributed by atoms with Gasteiger partial charge in [-0.1, -0.05) is 47.5 Å². The number of carbonyl (C=O) groups excluding carboxylic acids is 2. The SMILES string of the molecule is CCOC(=O)c1cccc(N=C2SC(=Cc3cc(Cl)ccc3OCc3ccccc3Cl)C(=O)N2CC)c1. The van der Waals surface area contributed by atoms with Crippen LogP contribution in [-0.2, 0) is 16.1 Å². The van der Waals surface area contributed by atoms with Crippen molar-refractivity contribution in [1.82, 2.24) is 4.90 Å². The van der Waals surface area contributed by atoms with Gasteiger partial charge in [-0.25, -0.2) is 9.79 Å². The van der Waals surface area contributed by atoms with Crippen LogP contribution >= 0.6 is 35.0 Å². The molecule has 1 amide bonds. The molecule has 0 aromatic heterocycles. The van der Waals surface area contributed by atoms with Crippen molar-refractivity contribution in [3.05, 3.63) is 98.4 Å². The van der Waals surface area contributed by atoms with Crippen molar-refractivity contribution < 1.29 is 19.1 Å². The molecular weight excluding hydrogens is 531 g/mol. The fourth-order valence-corrected chi connectivity index (χ4v) is 5.00. The van der Waals surface area contributed by atoms with Crippen molar-refractivity contribution in [2.45, 2.75) is 20.5 Å². The number of hydrogen-bond acceptors (Lipinski definition) is 6. The Labute approximate surface area is 229 Å². The number of halogens is 2. The van der Waals surface area contributed by atoms with Gasteiger partial charge in [0, 0.05) is 27.7 Å². The van der Waals surface area contributed by atoms with Crippen molar-refractivity contribution in [1.29, 1.82) is 0 Å². The van der Waals surface area contributed by atoms with Crippen molar-refractivity contribution in [3.8, 4) is 5.75 Å². The molecule has 0 aliphatic carbocycles. The lowest BCUT2D eigenvalue weighted by atomic mass is 10.1. The molecule has 9 heteroatoms. The van der Waals surface area contributed by atoms with Crippen molar-refractivity contribution >= 4 is 63.8 Å². The van der Waals surface area contributed by atoms with E-state index in [2.05, 4.69) is 4.99 Å². The Morgan fingerprint density at radius 2 is 1.86 bits per heavy atom. The first kappa shape index (κ1) is 26.8. The largest absolute Gasteiger partial charge is 0.488 e. The summed E-state index contributed by atoms with van der Waals surface area (Å²) >= 11 is 13.8. The van der Waals surface area contributed by atoms with E-state index in [0.29, 0.717) is 49.2 Å². The third-order valence-electron chi connectivity index (χ3n) is 5.39. The summed E-state index contributed by atoms with van der Waals surface area (Å²) in [4.78, 5) is 32.0. The van der Waals surface area contributed by atoms with E-state index in [1.807, 2.05) is 31.2 Å². The van der Waals surface area contributed by atoms with E-state index in [0.717, 1.165) is 5.56 Å². The molecule has 1 saturated heterocycles. The topological polar surface area (TPSA) is 68.2 Å². The van der Waals surface area contributed by atoms with E-state index in [1.54, 1.807) is 60.4 Å². The number of amides is 1. The van der Waals surface area contributed by atoms with Gasteiger partial charge in [-0.05, 0) is 74.1 Å². The van der Waals surface area contributed by atoms with Crippen LogP contribution in [0.1, 0.15) is 35.3 Å². The van der Waals surface area contributed by atoms with Gasteiger partial charge in [-0.3, -0.25) is 9.69 Å². The molecule has 0 radical (unpaired) electrons. The molecule has 3 aromatic rings. The average Bonchev–Trinajstić information content (AvgIpc) is 3.18. The van der Waals surface area contributed by atoms with Gasteiger partial charge < -0.3 is 9.47 Å². The summed E-state index contributed by atoms with van der Waals surface area (Å²) in [5.41, 5.74) is 2.46. The average molecular weight is 555 g/mol. The van der Waals surface area contributed by atoms with E-state index in [9.17, 15) is 9.59 Å². The molecule has 1 aliphatic heterocycles. The maximum atomic E-state index is 13.2. The first-order valence-corrected chi connectivity index (χ1v) is 13.2. The first-order chi connectivity index (χ1) is 17.9. The van der Waals surface area contributed by atoms with Crippen LogP contribution in [0.15, 0.2) is 76.6 Å². The molecule has 6 nitrogen and oxygen atoms in total. The highest BCUT2D eigenvalue weighted by Gasteiger charge is 2.32. The second-order valence-electron chi connectivity index (χ2n) is 7.89. The number of ether oxygens (including phenoxy) is 2. The quantitative estimate of drug-likeness (QED) is 0.214. The number of aliphatic imine (C=N–C) groups is 1. The number of amidine groups is 1. The molecule has 37 heavy (non-hydrogen) atoms. The normalized spacial score (nSPS) is 15.5. The highest BCUT2D eigenvalue weighted by atomic mass is 35.5. The van der Waals surface area contributed by atoms with E-state index >= 15 is 0 Å². The highest BCUT2D eigenvalue weighted by molar-refractivity contribution is 8.18. The summed E-state index contributed by atoms with van der Waals surface area (Å²) in [5.74, 6) is -0.0245. The van der Waals surface area contributed by atoms with Crippen molar-refractivity contribution in [3.63, 3.8) is 0 Å². The molecular formula is C28H24Cl2N2O4S. The van der Waals surface area contributed by atoms with Crippen molar-refractivity contribution in [2.75, 3.05) is 13.2 Å². The zero-order valence-electron chi connectivity index (χ0n) is 20.2. The lowest BCUT2D eigenvalue weighted by Gasteiger charge is -2.12. The van der Waals surface area contributed by atoms with Crippen LogP contribution in [0.3, 0.4) is 0 Å². The molecule has 0 bridgehead atoms. The Hall–Kier alpha value is -3.26. The smallest absolute Gasteiger partial charge is 0.338 e. The second-order valence-corrected chi connectivity index (χ2v) is 9.74. The molecule has 0 N–H and O–H groups in total. The Kier molecular flexibility index (Phi) is 8.92. The molecule has 1 heterocycles. The fraction of sp³-hybridized carbons (Fsp3) is 0.179. The maximum absolute atomic E-state index is 13.2. The van der Waals surface area contributed by atoms with E-state index in [4.69, 9.17) is 32.7 Å². The van der Waals surface area contributed by atoms with Gasteiger partial charge in [0.1, 0.15) is 12.4 Å². The number of nitrogens with zero attached hydrogens (tertiary/aromatic N) is 2. The summed E-state index contributed by atoms with van der Waals surface area (Å²) < 4.78 is 11.1. The third kappa shape index (κ3) is 6.55. The minimum absolute atomic E-state index is 0.176. The second kappa shape index (κ2) is 12.3. The van der Waals surface area contributed by atoms with Crippen LogP contribution in [0, 0.1) is 0 Å². The van der Waals surface area contributed by atoms with Crippen LogP contribution in [0.2, 0.25) is 10.0 Å². The maximum Gasteiger partial charge on any atom is 0.338 e. The summed E-state index contributed by atoms with van der Waals surface area (Å²) in [6.45, 7) is 4.62. The lowest BCUT2D eigenvalue weighted by Crippen LogP contribution is -2.28. The lowest BCUT2D eigenvalue weighted by molar-refractivity contribution is -0.122. The van der Waals surface area contributed by atoms with E-state index in [1.165, 1.54) is 11.8 Å². The van der Waals surface area contributed by atoms with Gasteiger partial charge in [0.15, 0.2) is 5.17 Å². The molecule has 3 aromatic carbocycles. The van der Waals surface area contributed by atoms with Crippen LogP contribution in [0.5, 0.6) is 5.75 Å². The van der Waals surface area contributed by atoms with Gasteiger partial charge >= 0.3 is 5.97 Å². The fourth-order valence-electron chi connectivity index (χ4n) is 3.57. The Bertz CT molecular complexity index is 1390. The summed E-state index contributed by atoms with van der Waals surface area (Å²) in [6.07, 6.45) is 1.75. The number of carbonyl (C=O) groups is 2. The predicted molar refractivity (Wildman–Crippen MR) is 150 cm³/mol. The summed E-state index contributed by atoms with van der Waals surface area (Å²) in [6, 6.07) is 19.5. The third-order valence-corrected chi connectivity index (χ3v) is 7.00. The summed E-state index contributed by atoms with van der Waals surface area (Å²) in [7, 11) is 0. The Morgan fingerprint density at radius 3 is 2.62 bits per heavy atom. The highest BCUT2D eigenvalue weighted by Crippen LogP contribution is 2.36. The van der Waals surface area contributed by atoms with E-state index in [-0.39, 0.29) is 19.1 Å². The van der Waals surface area contributed by atoms with Crippen molar-refractivity contribution in [2.24, 2.45) is 4.99 Å². The molecule has 0 saturated carbocycles. The molecule has 4 rings (SSSR count). The number of thioether (sulfide) groups is 1. The van der Waals surface area contributed by atoms with Gasteiger partial charge in [0.05, 0.1) is 22.8 Å².